The van der Waals surface area contributed by atoms with Crippen LogP contribution >= 0.6 is 11.3 Å². The number of amides is 2. The number of carboxylic acid groups (broad SMARTS) is 1. The Morgan fingerprint density at radius 2 is 1.63 bits per heavy atom. The van der Waals surface area contributed by atoms with Gasteiger partial charge in [-0.3, -0.25) is 14.5 Å². The van der Waals surface area contributed by atoms with E-state index in [0.717, 1.165) is 72.6 Å². The fourth-order valence-electron chi connectivity index (χ4n) is 6.61. The summed E-state index contributed by atoms with van der Waals surface area (Å²) in [5.74, 6) is -3.48. The van der Waals surface area contributed by atoms with Gasteiger partial charge in [0.1, 0.15) is 16.6 Å². The van der Waals surface area contributed by atoms with Gasteiger partial charge >= 0.3 is 5.97 Å². The first-order valence-corrected chi connectivity index (χ1v) is 17.4. The third-order valence-electron chi connectivity index (χ3n) is 9.42. The molecule has 2 aliphatic rings. The van der Waals surface area contributed by atoms with Gasteiger partial charge in [-0.15, -0.1) is 11.3 Å². The molecule has 3 aromatic carbocycles. The van der Waals surface area contributed by atoms with Crippen LogP contribution in [0, 0.1) is 11.6 Å². The van der Waals surface area contributed by atoms with Crippen molar-refractivity contribution in [2.45, 2.75) is 64.5 Å². The van der Waals surface area contributed by atoms with E-state index in [9.17, 15) is 14.4 Å². The van der Waals surface area contributed by atoms with Crippen LogP contribution in [0.2, 0.25) is 0 Å². The van der Waals surface area contributed by atoms with E-state index >= 15 is 8.78 Å². The number of thiophene rings is 1. The molecule has 256 valence electrons. The number of carbonyl (C=O) groups is 3. The molecule has 0 spiro atoms. The van der Waals surface area contributed by atoms with Crippen LogP contribution in [-0.2, 0) is 32.2 Å². The topological polar surface area (TPSA) is 111 Å². The molecule has 1 fully saturated rings. The second-order valence-electron chi connectivity index (χ2n) is 13.4. The number of fused-ring (bicyclic) bond motifs is 1. The van der Waals surface area contributed by atoms with Crippen LogP contribution in [0.3, 0.4) is 0 Å². The summed E-state index contributed by atoms with van der Waals surface area (Å²) in [5, 5.41) is 18.6. The van der Waals surface area contributed by atoms with Gasteiger partial charge in [-0.2, -0.15) is 0 Å². The van der Waals surface area contributed by atoms with Crippen molar-refractivity contribution in [3.63, 3.8) is 0 Å². The van der Waals surface area contributed by atoms with Crippen molar-refractivity contribution >= 4 is 39.8 Å². The molecule has 2 heterocycles. The maximum Gasteiger partial charge on any atom is 0.335 e. The number of benzene rings is 3. The van der Waals surface area contributed by atoms with Crippen LogP contribution in [0.15, 0.2) is 60.7 Å². The van der Waals surface area contributed by atoms with Crippen molar-refractivity contribution in [1.29, 1.82) is 0 Å². The zero-order valence-corrected chi connectivity index (χ0v) is 28.4. The molecule has 0 atom stereocenters. The highest BCUT2D eigenvalue weighted by Crippen LogP contribution is 2.39. The summed E-state index contributed by atoms with van der Waals surface area (Å²) >= 11 is 1.38. The molecule has 0 saturated carbocycles. The largest absolute Gasteiger partial charge is 0.478 e. The highest BCUT2D eigenvalue weighted by Gasteiger charge is 2.30. The van der Waals surface area contributed by atoms with Crippen LogP contribution in [0.4, 0.5) is 19.5 Å². The van der Waals surface area contributed by atoms with Gasteiger partial charge in [0.25, 0.3) is 11.8 Å². The van der Waals surface area contributed by atoms with Crippen molar-refractivity contribution in [1.82, 2.24) is 10.2 Å². The zero-order valence-electron chi connectivity index (χ0n) is 27.6. The molecule has 1 aromatic heterocycles. The normalized spacial score (nSPS) is 15.8. The van der Waals surface area contributed by atoms with E-state index in [1.807, 2.05) is 18.2 Å². The maximum absolute atomic E-state index is 15.2. The standard InChI is InChI=1S/C38H40F2N4O4S/c1-38(2)22-41-16-17-44(38)21-24-6-5-7-26(18-24)34(45)43-36-33(29-8-3-4-9-32(29)49-36)35(46)42-27-19-30(39)28(31(40)20-27)15-12-23-10-13-25(14-11-23)37(47)48/h5-7,10-11,13-14,18-20,41H,3-4,8-9,12,15-17,21-22H2,1-2H3,(H,42,46)(H,43,45)(H,47,48). The molecule has 4 aromatic rings. The van der Waals surface area contributed by atoms with Crippen molar-refractivity contribution in [3.8, 4) is 0 Å². The summed E-state index contributed by atoms with van der Waals surface area (Å²) in [6.45, 7) is 7.81. The monoisotopic (exact) mass is 686 g/mol. The number of carbonyl (C=O) groups excluding carboxylic acids is 2. The number of halogens is 2. The Balaban J connectivity index is 1.17. The number of nitrogens with one attached hydrogen (secondary N) is 3. The summed E-state index contributed by atoms with van der Waals surface area (Å²) in [6.07, 6.45) is 3.71. The fraction of sp³-hybridized carbons (Fsp3) is 0.342. The van der Waals surface area contributed by atoms with E-state index in [1.54, 1.807) is 18.2 Å². The average molecular weight is 687 g/mol. The van der Waals surface area contributed by atoms with Gasteiger partial charge in [-0.05, 0) is 105 Å². The first-order valence-electron chi connectivity index (χ1n) is 16.6. The van der Waals surface area contributed by atoms with E-state index in [4.69, 9.17) is 5.11 Å². The highest BCUT2D eigenvalue weighted by atomic mass is 32.1. The van der Waals surface area contributed by atoms with Crippen molar-refractivity contribution < 1.29 is 28.3 Å². The van der Waals surface area contributed by atoms with Gasteiger partial charge in [0.05, 0.1) is 11.1 Å². The van der Waals surface area contributed by atoms with Gasteiger partial charge in [-0.25, -0.2) is 13.6 Å². The number of hydrogen-bond acceptors (Lipinski definition) is 6. The second kappa shape index (κ2) is 14.6. The minimum Gasteiger partial charge on any atom is -0.478 e. The van der Waals surface area contributed by atoms with E-state index in [-0.39, 0.29) is 34.7 Å². The Bertz CT molecular complexity index is 1870. The lowest BCUT2D eigenvalue weighted by Crippen LogP contribution is -2.57. The minimum atomic E-state index is -1.05. The number of anilines is 2. The Hall–Kier alpha value is -4.45. The quantitative estimate of drug-likeness (QED) is 0.142. The molecule has 4 N–H and O–H groups in total. The van der Waals surface area contributed by atoms with Crippen molar-refractivity contribution in [3.05, 3.63) is 116 Å². The Morgan fingerprint density at radius 3 is 2.35 bits per heavy atom. The van der Waals surface area contributed by atoms with Crippen LogP contribution in [0.25, 0.3) is 0 Å². The lowest BCUT2D eigenvalue weighted by molar-refractivity contribution is 0.0696. The second-order valence-corrected chi connectivity index (χ2v) is 14.5. The van der Waals surface area contributed by atoms with Crippen LogP contribution < -0.4 is 16.0 Å². The predicted octanol–water partition coefficient (Wildman–Crippen LogP) is 7.08. The first kappa shape index (κ1) is 34.4. The first-order chi connectivity index (χ1) is 23.5. The molecule has 0 bridgehead atoms. The van der Waals surface area contributed by atoms with Gasteiger partial charge in [-0.1, -0.05) is 24.3 Å². The van der Waals surface area contributed by atoms with Crippen LogP contribution in [0.1, 0.15) is 84.9 Å². The number of nitrogens with zero attached hydrogens (tertiary/aromatic N) is 1. The number of rotatable bonds is 10. The molecular weight excluding hydrogens is 647 g/mol. The molecule has 1 saturated heterocycles. The molecule has 11 heteroatoms. The van der Waals surface area contributed by atoms with Gasteiger partial charge in [0.2, 0.25) is 0 Å². The summed E-state index contributed by atoms with van der Waals surface area (Å²) in [5.41, 5.74) is 3.43. The van der Waals surface area contributed by atoms with Crippen LogP contribution in [0.5, 0.6) is 0 Å². The Labute approximate surface area is 288 Å². The van der Waals surface area contributed by atoms with E-state index in [0.29, 0.717) is 35.5 Å². The van der Waals surface area contributed by atoms with Crippen molar-refractivity contribution in [2.75, 3.05) is 30.3 Å². The van der Waals surface area contributed by atoms with Gasteiger partial charge in [0.15, 0.2) is 0 Å². The molecule has 1 aliphatic heterocycles. The minimum absolute atomic E-state index is 0.0152. The molecule has 49 heavy (non-hydrogen) atoms. The maximum atomic E-state index is 15.2. The van der Waals surface area contributed by atoms with E-state index in [1.165, 1.54) is 23.5 Å². The lowest BCUT2D eigenvalue weighted by atomic mass is 9.95. The Morgan fingerprint density at radius 1 is 0.898 bits per heavy atom. The number of piperazine rings is 1. The predicted molar refractivity (Wildman–Crippen MR) is 188 cm³/mol. The molecule has 8 nitrogen and oxygen atoms in total. The van der Waals surface area contributed by atoms with E-state index < -0.39 is 23.5 Å². The highest BCUT2D eigenvalue weighted by molar-refractivity contribution is 7.17. The molecular formula is C38H40F2N4O4S. The Kier molecular flexibility index (Phi) is 10.2. The van der Waals surface area contributed by atoms with E-state index in [2.05, 4.69) is 34.7 Å². The average Bonchev–Trinajstić information content (AvgIpc) is 3.43. The number of hydrogen-bond donors (Lipinski definition) is 4. The SMILES string of the molecule is CC1(C)CNCCN1Cc1cccc(C(=O)Nc2sc3c(c2C(=O)Nc2cc(F)c(CCc4ccc(C(=O)O)cc4)c(F)c2)CCCC3)c1. The lowest BCUT2D eigenvalue weighted by Gasteiger charge is -2.43. The smallest absolute Gasteiger partial charge is 0.335 e. The molecule has 2 amide bonds. The molecule has 0 radical (unpaired) electrons. The van der Waals surface area contributed by atoms with Gasteiger partial charge in [0, 0.05) is 53.4 Å². The third-order valence-corrected chi connectivity index (χ3v) is 10.6. The summed E-state index contributed by atoms with van der Waals surface area (Å²) in [6, 6.07) is 15.9. The fourth-order valence-corrected chi connectivity index (χ4v) is 7.89. The summed E-state index contributed by atoms with van der Waals surface area (Å²) in [7, 11) is 0. The van der Waals surface area contributed by atoms with Crippen molar-refractivity contribution in [2.24, 2.45) is 0 Å². The number of aryl methyl sites for hydroxylation is 2. The third kappa shape index (κ3) is 7.90. The zero-order chi connectivity index (χ0) is 34.7. The van der Waals surface area contributed by atoms with Gasteiger partial charge < -0.3 is 21.1 Å². The summed E-state index contributed by atoms with van der Waals surface area (Å²) in [4.78, 5) is 41.9. The molecule has 0 unspecified atom stereocenters. The molecule has 6 rings (SSSR count). The number of carboxylic acids is 1. The molecule has 1 aliphatic carbocycles. The number of aromatic carboxylic acids is 1. The summed E-state index contributed by atoms with van der Waals surface area (Å²) < 4.78 is 30.4. The van der Waals surface area contributed by atoms with Crippen LogP contribution in [-0.4, -0.2) is 53.0 Å².